The Hall–Kier alpha value is -2.13. The Kier molecular flexibility index (Phi) is 5.35. The lowest BCUT2D eigenvalue weighted by Gasteiger charge is -2.32. The number of amides is 1. The second kappa shape index (κ2) is 8.05. The van der Waals surface area contributed by atoms with E-state index >= 15 is 0 Å². The van der Waals surface area contributed by atoms with E-state index in [1.54, 1.807) is 0 Å². The third kappa shape index (κ3) is 4.73. The quantitative estimate of drug-likeness (QED) is 0.855. The number of nitrogens with one attached hydrogen (secondary N) is 1. The molecule has 0 spiro atoms. The minimum Gasteiger partial charge on any atom is -0.349 e. The molecule has 4 rings (SSSR count). The Bertz CT molecular complexity index is 714. The van der Waals surface area contributed by atoms with Crippen molar-refractivity contribution in [1.29, 1.82) is 0 Å². The molecule has 26 heavy (non-hydrogen) atoms. The van der Waals surface area contributed by atoms with Crippen molar-refractivity contribution in [2.24, 2.45) is 5.92 Å². The summed E-state index contributed by atoms with van der Waals surface area (Å²) in [6, 6.07) is 19.4. The number of piperidine rings is 1. The standard InChI is InChI=1S/C23H28N2O/c26-23(24-22-10-11-22)21-8-6-20(7-9-21)17-25-14-12-19(13-15-25)16-18-4-2-1-3-5-18/h1-9,19,22H,10-17H2,(H,24,26). The van der Waals surface area contributed by atoms with Crippen LogP contribution < -0.4 is 5.32 Å². The number of nitrogens with zero attached hydrogens (tertiary/aromatic N) is 1. The van der Waals surface area contributed by atoms with Gasteiger partial charge < -0.3 is 5.32 Å². The third-order valence-electron chi connectivity index (χ3n) is 5.61. The summed E-state index contributed by atoms with van der Waals surface area (Å²) in [5.41, 5.74) is 3.54. The van der Waals surface area contributed by atoms with E-state index in [0.717, 1.165) is 30.9 Å². The van der Waals surface area contributed by atoms with Crippen molar-refractivity contribution in [2.45, 2.75) is 44.7 Å². The lowest BCUT2D eigenvalue weighted by molar-refractivity contribution is 0.0951. The molecule has 2 aromatic carbocycles. The average Bonchev–Trinajstić information content (AvgIpc) is 3.49. The number of hydrogen-bond donors (Lipinski definition) is 1. The number of carbonyl (C=O) groups is 1. The van der Waals surface area contributed by atoms with E-state index in [2.05, 4.69) is 52.7 Å². The molecule has 0 unspecified atom stereocenters. The molecule has 0 atom stereocenters. The van der Waals surface area contributed by atoms with Gasteiger partial charge in [-0.15, -0.1) is 0 Å². The van der Waals surface area contributed by atoms with E-state index in [-0.39, 0.29) is 5.91 Å². The summed E-state index contributed by atoms with van der Waals surface area (Å²) in [5, 5.41) is 3.05. The molecule has 136 valence electrons. The van der Waals surface area contributed by atoms with E-state index in [1.807, 2.05) is 12.1 Å². The first kappa shape index (κ1) is 17.3. The highest BCUT2D eigenvalue weighted by molar-refractivity contribution is 5.94. The minimum atomic E-state index is 0.0702. The fourth-order valence-electron chi connectivity index (χ4n) is 3.81. The molecular weight excluding hydrogens is 320 g/mol. The summed E-state index contributed by atoms with van der Waals surface area (Å²) >= 11 is 0. The number of likely N-dealkylation sites (tertiary alicyclic amines) is 1. The summed E-state index contributed by atoms with van der Waals surface area (Å²) in [5.74, 6) is 0.878. The zero-order chi connectivity index (χ0) is 17.8. The summed E-state index contributed by atoms with van der Waals surface area (Å²) in [7, 11) is 0. The van der Waals surface area contributed by atoms with Gasteiger partial charge in [-0.3, -0.25) is 9.69 Å². The molecule has 1 aliphatic heterocycles. The first-order valence-electron chi connectivity index (χ1n) is 9.92. The molecule has 1 N–H and O–H groups in total. The van der Waals surface area contributed by atoms with Gasteiger partial charge in [0.25, 0.3) is 5.91 Å². The van der Waals surface area contributed by atoms with Crippen molar-refractivity contribution in [1.82, 2.24) is 10.2 Å². The monoisotopic (exact) mass is 348 g/mol. The molecular formula is C23H28N2O. The SMILES string of the molecule is O=C(NC1CC1)c1ccc(CN2CCC(Cc3ccccc3)CC2)cc1. The molecule has 2 fully saturated rings. The van der Waals surface area contributed by atoms with Gasteiger partial charge >= 0.3 is 0 Å². The van der Waals surface area contributed by atoms with Gasteiger partial charge in [0.1, 0.15) is 0 Å². The normalized spacial score (nSPS) is 18.6. The van der Waals surface area contributed by atoms with Gasteiger partial charge in [0.2, 0.25) is 0 Å². The molecule has 1 aliphatic carbocycles. The molecule has 1 saturated carbocycles. The first-order chi connectivity index (χ1) is 12.8. The topological polar surface area (TPSA) is 32.3 Å². The highest BCUT2D eigenvalue weighted by atomic mass is 16.1. The van der Waals surface area contributed by atoms with Gasteiger partial charge in [-0.1, -0.05) is 42.5 Å². The number of carbonyl (C=O) groups excluding carboxylic acids is 1. The molecule has 3 heteroatoms. The van der Waals surface area contributed by atoms with Crippen molar-refractivity contribution >= 4 is 5.91 Å². The fourth-order valence-corrected chi connectivity index (χ4v) is 3.81. The zero-order valence-corrected chi connectivity index (χ0v) is 15.4. The number of hydrogen-bond acceptors (Lipinski definition) is 2. The molecule has 2 aromatic rings. The Morgan fingerprint density at radius 2 is 1.58 bits per heavy atom. The van der Waals surface area contributed by atoms with Crippen LogP contribution >= 0.6 is 0 Å². The van der Waals surface area contributed by atoms with Crippen LogP contribution in [0.4, 0.5) is 0 Å². The van der Waals surface area contributed by atoms with Crippen molar-refractivity contribution < 1.29 is 4.79 Å². The van der Waals surface area contributed by atoms with Gasteiger partial charge in [0.15, 0.2) is 0 Å². The maximum absolute atomic E-state index is 12.1. The molecule has 1 saturated heterocycles. The average molecular weight is 348 g/mol. The molecule has 0 radical (unpaired) electrons. The zero-order valence-electron chi connectivity index (χ0n) is 15.4. The van der Waals surface area contributed by atoms with Gasteiger partial charge in [0.05, 0.1) is 0 Å². The molecule has 2 aliphatic rings. The largest absolute Gasteiger partial charge is 0.349 e. The van der Waals surface area contributed by atoms with Gasteiger partial charge in [-0.25, -0.2) is 0 Å². The Morgan fingerprint density at radius 1 is 0.885 bits per heavy atom. The maximum Gasteiger partial charge on any atom is 0.251 e. The van der Waals surface area contributed by atoms with E-state index in [4.69, 9.17) is 0 Å². The van der Waals surface area contributed by atoms with Crippen LogP contribution in [0.3, 0.4) is 0 Å². The summed E-state index contributed by atoms with van der Waals surface area (Å²) < 4.78 is 0. The molecule has 3 nitrogen and oxygen atoms in total. The van der Waals surface area contributed by atoms with Gasteiger partial charge in [0, 0.05) is 18.2 Å². The van der Waals surface area contributed by atoms with E-state index in [1.165, 1.54) is 43.5 Å². The van der Waals surface area contributed by atoms with Crippen LogP contribution in [0.25, 0.3) is 0 Å². The highest BCUT2D eigenvalue weighted by Gasteiger charge is 2.24. The number of benzene rings is 2. The second-order valence-electron chi connectivity index (χ2n) is 7.85. The predicted molar refractivity (Wildman–Crippen MR) is 105 cm³/mol. The molecule has 1 heterocycles. The van der Waals surface area contributed by atoms with Crippen LogP contribution in [0, 0.1) is 5.92 Å². The van der Waals surface area contributed by atoms with Crippen LogP contribution in [0.5, 0.6) is 0 Å². The van der Waals surface area contributed by atoms with Crippen LogP contribution in [-0.2, 0) is 13.0 Å². The predicted octanol–water partition coefficient (Wildman–Crippen LogP) is 4.03. The van der Waals surface area contributed by atoms with Crippen LogP contribution in [0.2, 0.25) is 0 Å². The van der Waals surface area contributed by atoms with Crippen molar-refractivity contribution in [3.63, 3.8) is 0 Å². The Balaban J connectivity index is 1.24. The fraction of sp³-hybridized carbons (Fsp3) is 0.435. The molecule has 0 bridgehead atoms. The van der Waals surface area contributed by atoms with E-state index in [0.29, 0.717) is 6.04 Å². The second-order valence-corrected chi connectivity index (χ2v) is 7.85. The third-order valence-corrected chi connectivity index (χ3v) is 5.61. The lowest BCUT2D eigenvalue weighted by atomic mass is 9.90. The maximum atomic E-state index is 12.1. The Labute approximate surface area is 156 Å². The molecule has 0 aromatic heterocycles. The van der Waals surface area contributed by atoms with E-state index < -0.39 is 0 Å². The van der Waals surface area contributed by atoms with Gasteiger partial charge in [-0.2, -0.15) is 0 Å². The summed E-state index contributed by atoms with van der Waals surface area (Å²) in [6.45, 7) is 3.32. The minimum absolute atomic E-state index is 0.0702. The highest BCUT2D eigenvalue weighted by Crippen LogP contribution is 2.23. The van der Waals surface area contributed by atoms with Crippen molar-refractivity contribution in [2.75, 3.05) is 13.1 Å². The number of rotatable bonds is 6. The smallest absolute Gasteiger partial charge is 0.251 e. The summed E-state index contributed by atoms with van der Waals surface area (Å²) in [4.78, 5) is 14.6. The summed E-state index contributed by atoms with van der Waals surface area (Å²) in [6.07, 6.45) is 6.02. The first-order valence-corrected chi connectivity index (χ1v) is 9.92. The van der Waals surface area contributed by atoms with Crippen molar-refractivity contribution in [3.05, 3.63) is 71.3 Å². The van der Waals surface area contributed by atoms with Crippen LogP contribution in [0.15, 0.2) is 54.6 Å². The van der Waals surface area contributed by atoms with Gasteiger partial charge in [-0.05, 0) is 74.4 Å². The lowest BCUT2D eigenvalue weighted by Crippen LogP contribution is -2.33. The molecule has 1 amide bonds. The van der Waals surface area contributed by atoms with Crippen LogP contribution in [-0.4, -0.2) is 29.9 Å². The van der Waals surface area contributed by atoms with Crippen molar-refractivity contribution in [3.8, 4) is 0 Å². The van der Waals surface area contributed by atoms with E-state index in [9.17, 15) is 4.79 Å². The Morgan fingerprint density at radius 3 is 2.23 bits per heavy atom. The van der Waals surface area contributed by atoms with Crippen LogP contribution in [0.1, 0.15) is 47.2 Å².